The van der Waals surface area contributed by atoms with Crippen LogP contribution in [-0.2, 0) is 34.2 Å². The van der Waals surface area contributed by atoms with Gasteiger partial charge in [0, 0.05) is 13.3 Å². The molecular weight excluding hydrogens is 520 g/mol. The van der Waals surface area contributed by atoms with Crippen molar-refractivity contribution in [1.29, 1.82) is 5.26 Å². The van der Waals surface area contributed by atoms with Gasteiger partial charge in [0.2, 0.25) is 11.5 Å². The van der Waals surface area contributed by atoms with E-state index in [1.54, 1.807) is 19.9 Å². The highest BCUT2D eigenvalue weighted by molar-refractivity contribution is 5.91. The predicted molar refractivity (Wildman–Crippen MR) is 140 cm³/mol. The molecule has 1 aliphatic heterocycles. The average Bonchev–Trinajstić information content (AvgIpc) is 3.48. The molecule has 1 amide bonds. The third-order valence-corrected chi connectivity index (χ3v) is 7.56. The summed E-state index contributed by atoms with van der Waals surface area (Å²) in [7, 11) is 0. The summed E-state index contributed by atoms with van der Waals surface area (Å²) in [5.74, 6) is -1.39. The number of carbonyl (C=O) groups is 3. The molecule has 4 N–H and O–H groups in total. The highest BCUT2D eigenvalue weighted by Crippen LogP contribution is 2.42. The minimum atomic E-state index is -2.07. The zero-order chi connectivity index (χ0) is 29.0. The Bertz CT molecular complexity index is 1280. The number of nitrogens with two attached hydrogens (primary N) is 1. The summed E-state index contributed by atoms with van der Waals surface area (Å²) in [6.45, 7) is 4.47. The Labute approximate surface area is 232 Å². The number of aliphatic hydroxyl groups excluding tert-OH is 1. The van der Waals surface area contributed by atoms with E-state index in [0.717, 1.165) is 32.1 Å². The molecule has 0 radical (unpaired) electrons. The standard InChI is InChI=1S/C27H36N6O7/c1-15(2)22(29)26(37)39-23-19(12-38-21(35)11-17-7-5-4-6-8-17)40-27(13-28,24(23)36)20-10-9-18-25(32-16(3)34)30-14-31-33(18)20/h9-10,14-15,17,19,22-24,36H,4-8,11-12,29H2,1-3H3,(H,30,31,32,34)/t19-,22+,23-,24-,27+/m1/s1. The van der Waals surface area contributed by atoms with Crippen LogP contribution in [0.15, 0.2) is 18.5 Å². The molecule has 13 nitrogen and oxygen atoms in total. The number of amides is 1. The third kappa shape index (κ3) is 5.94. The second-order valence-corrected chi connectivity index (χ2v) is 10.8. The number of hydrogen-bond donors (Lipinski definition) is 3. The summed E-state index contributed by atoms with van der Waals surface area (Å²) in [5.41, 5.74) is 4.36. The van der Waals surface area contributed by atoms with Crippen LogP contribution in [-0.4, -0.2) is 68.5 Å². The van der Waals surface area contributed by atoms with Gasteiger partial charge in [-0.15, -0.1) is 0 Å². The van der Waals surface area contributed by atoms with Crippen LogP contribution in [0.5, 0.6) is 0 Å². The fourth-order valence-electron chi connectivity index (χ4n) is 5.26. The average molecular weight is 557 g/mol. The van der Waals surface area contributed by atoms with E-state index in [9.17, 15) is 24.8 Å². The van der Waals surface area contributed by atoms with Crippen molar-refractivity contribution in [3.63, 3.8) is 0 Å². The van der Waals surface area contributed by atoms with Crippen molar-refractivity contribution in [2.24, 2.45) is 17.6 Å². The fraction of sp³-hybridized carbons (Fsp3) is 0.630. The summed E-state index contributed by atoms with van der Waals surface area (Å²) < 4.78 is 18.5. The molecule has 5 atom stereocenters. The van der Waals surface area contributed by atoms with Crippen molar-refractivity contribution in [3.8, 4) is 6.07 Å². The number of esters is 2. The van der Waals surface area contributed by atoms with Gasteiger partial charge in [0.15, 0.2) is 11.9 Å². The molecule has 0 unspecified atom stereocenters. The van der Waals surface area contributed by atoms with Crippen LogP contribution < -0.4 is 11.1 Å². The topological polar surface area (TPSA) is 191 Å². The fourth-order valence-corrected chi connectivity index (χ4v) is 5.26. The number of hydrogen-bond acceptors (Lipinski definition) is 11. The molecule has 2 fully saturated rings. The van der Waals surface area contributed by atoms with E-state index in [1.165, 1.54) is 23.8 Å². The van der Waals surface area contributed by atoms with Crippen LogP contribution >= 0.6 is 0 Å². The molecule has 2 aliphatic rings. The first-order chi connectivity index (χ1) is 19.1. The molecule has 0 spiro atoms. The first-order valence-corrected chi connectivity index (χ1v) is 13.6. The SMILES string of the molecule is CC(=O)Nc1ncnn2c([C@]3(C#N)O[C@H](COC(=O)CC4CCCCC4)[C@@H](OC(=O)[C@@H](N)C(C)C)[C@H]3O)ccc12. The first kappa shape index (κ1) is 29.4. The van der Waals surface area contributed by atoms with Crippen LogP contribution in [0.1, 0.15) is 65.0 Å². The Morgan fingerprint density at radius 1 is 1.30 bits per heavy atom. The molecule has 2 aromatic rings. The van der Waals surface area contributed by atoms with Crippen molar-refractivity contribution < 1.29 is 33.7 Å². The molecule has 13 heteroatoms. The van der Waals surface area contributed by atoms with Gasteiger partial charge < -0.3 is 30.4 Å². The Hall–Kier alpha value is -3.60. The number of rotatable bonds is 9. The molecule has 216 valence electrons. The molecule has 1 saturated carbocycles. The third-order valence-electron chi connectivity index (χ3n) is 7.56. The predicted octanol–water partition coefficient (Wildman–Crippen LogP) is 1.57. The molecular formula is C27H36N6O7. The normalized spacial score (nSPS) is 25.9. The Kier molecular flexibility index (Phi) is 9.02. The Balaban J connectivity index is 1.63. The van der Waals surface area contributed by atoms with Crippen LogP contribution in [0.4, 0.5) is 5.82 Å². The lowest BCUT2D eigenvalue weighted by Gasteiger charge is -2.25. The number of ether oxygens (including phenoxy) is 3. The van der Waals surface area contributed by atoms with Gasteiger partial charge in [0.1, 0.15) is 42.8 Å². The van der Waals surface area contributed by atoms with Gasteiger partial charge in [0.05, 0.1) is 5.69 Å². The van der Waals surface area contributed by atoms with Gasteiger partial charge in [-0.2, -0.15) is 10.4 Å². The highest BCUT2D eigenvalue weighted by Gasteiger charge is 2.60. The number of carbonyl (C=O) groups excluding carboxylic acids is 3. The molecule has 3 heterocycles. The van der Waals surface area contributed by atoms with E-state index in [4.69, 9.17) is 19.9 Å². The van der Waals surface area contributed by atoms with Crippen molar-refractivity contribution in [3.05, 3.63) is 24.2 Å². The molecule has 0 bridgehead atoms. The summed E-state index contributed by atoms with van der Waals surface area (Å²) in [5, 5.41) is 28.6. The molecule has 1 saturated heterocycles. The monoisotopic (exact) mass is 556 g/mol. The van der Waals surface area contributed by atoms with Crippen molar-refractivity contribution in [2.45, 2.75) is 89.3 Å². The lowest BCUT2D eigenvalue weighted by molar-refractivity contribution is -0.162. The van der Waals surface area contributed by atoms with Crippen molar-refractivity contribution in [1.82, 2.24) is 14.6 Å². The molecule has 2 aromatic heterocycles. The minimum Gasteiger partial charge on any atom is -0.463 e. The van der Waals surface area contributed by atoms with Crippen molar-refractivity contribution >= 4 is 29.2 Å². The van der Waals surface area contributed by atoms with E-state index >= 15 is 0 Å². The van der Waals surface area contributed by atoms with Crippen molar-refractivity contribution in [2.75, 3.05) is 11.9 Å². The van der Waals surface area contributed by atoms with Crippen LogP contribution in [0.2, 0.25) is 0 Å². The van der Waals surface area contributed by atoms with Crippen LogP contribution in [0.3, 0.4) is 0 Å². The molecule has 1 aliphatic carbocycles. The first-order valence-electron chi connectivity index (χ1n) is 13.6. The Morgan fingerprint density at radius 3 is 2.67 bits per heavy atom. The second kappa shape index (κ2) is 12.3. The van der Waals surface area contributed by atoms with Gasteiger partial charge in [-0.25, -0.2) is 9.50 Å². The summed E-state index contributed by atoms with van der Waals surface area (Å²) >= 11 is 0. The van der Waals surface area contributed by atoms with E-state index in [-0.39, 0.29) is 42.3 Å². The number of nitrogens with zero attached hydrogens (tertiary/aromatic N) is 4. The van der Waals surface area contributed by atoms with Crippen LogP contribution in [0.25, 0.3) is 5.52 Å². The molecule has 0 aromatic carbocycles. The highest BCUT2D eigenvalue weighted by atomic mass is 16.6. The number of aliphatic hydroxyl groups is 1. The van der Waals surface area contributed by atoms with Gasteiger partial charge in [-0.1, -0.05) is 33.1 Å². The number of nitriles is 1. The zero-order valence-electron chi connectivity index (χ0n) is 22.9. The maximum Gasteiger partial charge on any atom is 0.323 e. The molecule has 4 rings (SSSR count). The van der Waals surface area contributed by atoms with Gasteiger partial charge in [-0.05, 0) is 36.8 Å². The maximum atomic E-state index is 12.8. The molecule has 40 heavy (non-hydrogen) atoms. The summed E-state index contributed by atoms with van der Waals surface area (Å²) in [6.07, 6.45) is 2.43. The second-order valence-electron chi connectivity index (χ2n) is 10.8. The smallest absolute Gasteiger partial charge is 0.323 e. The maximum absolute atomic E-state index is 12.8. The quantitative estimate of drug-likeness (QED) is 0.380. The zero-order valence-corrected chi connectivity index (χ0v) is 22.9. The summed E-state index contributed by atoms with van der Waals surface area (Å²) in [6, 6.07) is 4.09. The number of anilines is 1. The van der Waals surface area contributed by atoms with E-state index in [2.05, 4.69) is 15.4 Å². The van der Waals surface area contributed by atoms with E-state index in [1.807, 2.05) is 6.07 Å². The number of fused-ring (bicyclic) bond motifs is 1. The van der Waals surface area contributed by atoms with Gasteiger partial charge >= 0.3 is 11.9 Å². The minimum absolute atomic E-state index is 0.108. The van der Waals surface area contributed by atoms with Gasteiger partial charge in [-0.3, -0.25) is 14.4 Å². The van der Waals surface area contributed by atoms with E-state index in [0.29, 0.717) is 5.52 Å². The van der Waals surface area contributed by atoms with Gasteiger partial charge in [0.25, 0.3) is 0 Å². The lowest BCUT2D eigenvalue weighted by atomic mass is 9.87. The Morgan fingerprint density at radius 2 is 2.02 bits per heavy atom. The largest absolute Gasteiger partial charge is 0.463 e. The summed E-state index contributed by atoms with van der Waals surface area (Å²) in [4.78, 5) is 41.2. The lowest BCUT2D eigenvalue weighted by Crippen LogP contribution is -2.46. The number of aromatic nitrogens is 3. The van der Waals surface area contributed by atoms with Crippen LogP contribution in [0, 0.1) is 23.2 Å². The van der Waals surface area contributed by atoms with E-state index < -0.39 is 41.9 Å². The number of nitrogens with one attached hydrogen (secondary N) is 1.